The topological polar surface area (TPSA) is 99.2 Å². The average Bonchev–Trinajstić information content (AvgIpc) is 3.03. The summed E-state index contributed by atoms with van der Waals surface area (Å²) in [6, 6.07) is -0.495. The maximum Gasteiger partial charge on any atom is 0.244 e. The Morgan fingerprint density at radius 3 is 3.15 bits per heavy atom. The highest BCUT2D eigenvalue weighted by Gasteiger charge is 2.53. The largest absolute Gasteiger partial charge is 0.376 e. The average molecular weight is 300 g/mol. The Morgan fingerprint density at radius 2 is 2.40 bits per heavy atom. The number of nitrogens with zero attached hydrogens (tertiary/aromatic N) is 2. The molecule has 0 bridgehead atoms. The van der Waals surface area contributed by atoms with Crippen LogP contribution in [-0.4, -0.2) is 43.0 Å². The van der Waals surface area contributed by atoms with Crippen molar-refractivity contribution >= 4 is 10.0 Å². The van der Waals surface area contributed by atoms with E-state index in [4.69, 9.17) is 10.5 Å². The molecule has 0 amide bonds. The summed E-state index contributed by atoms with van der Waals surface area (Å²) in [7, 11) is -3.58. The smallest absolute Gasteiger partial charge is 0.244 e. The highest BCUT2D eigenvalue weighted by Crippen LogP contribution is 2.38. The van der Waals surface area contributed by atoms with Crippen molar-refractivity contribution in [2.45, 2.75) is 49.4 Å². The lowest BCUT2D eigenvalue weighted by Crippen LogP contribution is -2.68. The Balaban J connectivity index is 1.72. The second-order valence-corrected chi connectivity index (χ2v) is 7.17. The number of ether oxygens (including phenoxy) is 1. The summed E-state index contributed by atoms with van der Waals surface area (Å²) < 4.78 is 34.4. The van der Waals surface area contributed by atoms with Gasteiger partial charge in [0.1, 0.15) is 4.90 Å². The lowest BCUT2D eigenvalue weighted by Gasteiger charge is -2.45. The van der Waals surface area contributed by atoms with E-state index in [1.165, 1.54) is 6.20 Å². The molecule has 1 aromatic heterocycles. The minimum Gasteiger partial charge on any atom is -0.376 e. The number of rotatable bonds is 5. The lowest BCUT2D eigenvalue weighted by atomic mass is 9.73. The first-order chi connectivity index (χ1) is 9.53. The van der Waals surface area contributed by atoms with Crippen LogP contribution in [0, 0.1) is 5.92 Å². The van der Waals surface area contributed by atoms with Crippen molar-refractivity contribution in [2.75, 3.05) is 6.61 Å². The van der Waals surface area contributed by atoms with Crippen LogP contribution in [0.2, 0.25) is 0 Å². The van der Waals surface area contributed by atoms with E-state index in [1.807, 2.05) is 6.92 Å². The van der Waals surface area contributed by atoms with Gasteiger partial charge in [-0.25, -0.2) is 13.1 Å². The minimum absolute atomic E-state index is 0.0783. The van der Waals surface area contributed by atoms with Gasteiger partial charge in [-0.3, -0.25) is 4.68 Å². The molecule has 1 aliphatic carbocycles. The second-order valence-electron chi connectivity index (χ2n) is 5.45. The molecule has 1 aliphatic heterocycles. The van der Waals surface area contributed by atoms with Crippen molar-refractivity contribution in [1.29, 1.82) is 0 Å². The normalized spacial score (nSPS) is 32.9. The molecule has 20 heavy (non-hydrogen) atoms. The first kappa shape index (κ1) is 14.0. The van der Waals surface area contributed by atoms with Gasteiger partial charge in [0.15, 0.2) is 0 Å². The van der Waals surface area contributed by atoms with Gasteiger partial charge in [-0.1, -0.05) is 6.92 Å². The van der Waals surface area contributed by atoms with Crippen LogP contribution in [0.1, 0.15) is 19.8 Å². The van der Waals surface area contributed by atoms with Crippen molar-refractivity contribution in [3.05, 3.63) is 12.4 Å². The number of hydrogen-bond donors (Lipinski definition) is 2. The van der Waals surface area contributed by atoms with Crippen LogP contribution < -0.4 is 10.5 Å². The molecule has 7 nitrogen and oxygen atoms in total. The number of nitrogens with one attached hydrogen (secondary N) is 1. The van der Waals surface area contributed by atoms with Gasteiger partial charge in [0, 0.05) is 31.3 Å². The highest BCUT2D eigenvalue weighted by atomic mass is 32.2. The van der Waals surface area contributed by atoms with Crippen molar-refractivity contribution in [2.24, 2.45) is 11.7 Å². The number of aromatic nitrogens is 2. The lowest BCUT2D eigenvalue weighted by molar-refractivity contribution is -0.00924. The van der Waals surface area contributed by atoms with E-state index in [2.05, 4.69) is 9.82 Å². The second kappa shape index (κ2) is 5.10. The molecule has 2 heterocycles. The summed E-state index contributed by atoms with van der Waals surface area (Å²) in [5.41, 5.74) is 6.02. The quantitative estimate of drug-likeness (QED) is 0.777. The van der Waals surface area contributed by atoms with E-state index in [1.54, 1.807) is 10.9 Å². The van der Waals surface area contributed by atoms with Crippen LogP contribution in [0.25, 0.3) is 0 Å². The molecule has 1 aromatic rings. The van der Waals surface area contributed by atoms with Crippen molar-refractivity contribution in [3.63, 3.8) is 0 Å². The molecule has 0 radical (unpaired) electrons. The van der Waals surface area contributed by atoms with Crippen molar-refractivity contribution in [3.8, 4) is 0 Å². The monoisotopic (exact) mass is 300 g/mol. The summed E-state index contributed by atoms with van der Waals surface area (Å²) in [5, 5.41) is 4.04. The molecular weight excluding hydrogens is 280 g/mol. The molecule has 1 saturated heterocycles. The van der Waals surface area contributed by atoms with Gasteiger partial charge in [0.2, 0.25) is 10.0 Å². The van der Waals surface area contributed by atoms with Crippen LogP contribution in [0.15, 0.2) is 17.3 Å². The summed E-state index contributed by atoms with van der Waals surface area (Å²) in [4.78, 5) is 0.180. The summed E-state index contributed by atoms with van der Waals surface area (Å²) in [6.07, 6.45) is 4.65. The van der Waals surface area contributed by atoms with Crippen LogP contribution in [0.5, 0.6) is 0 Å². The number of fused-ring (bicyclic) bond motifs is 1. The van der Waals surface area contributed by atoms with E-state index >= 15 is 0 Å². The fourth-order valence-corrected chi connectivity index (χ4v) is 4.21. The summed E-state index contributed by atoms with van der Waals surface area (Å²) >= 11 is 0. The minimum atomic E-state index is -3.58. The van der Waals surface area contributed by atoms with Gasteiger partial charge in [0.05, 0.1) is 18.3 Å². The molecule has 4 atom stereocenters. The zero-order valence-corrected chi connectivity index (χ0v) is 12.2. The van der Waals surface area contributed by atoms with Gasteiger partial charge in [0.25, 0.3) is 0 Å². The molecule has 3 rings (SSSR count). The van der Waals surface area contributed by atoms with Crippen LogP contribution in [0.3, 0.4) is 0 Å². The Hall–Kier alpha value is -0.960. The fourth-order valence-electron chi connectivity index (χ4n) is 2.98. The van der Waals surface area contributed by atoms with Crippen LogP contribution >= 0.6 is 0 Å². The standard InChI is InChI=1S/C12H20N4O3S/c1-2-4-16-7-8(6-14-16)20(17,18)15-11-10(13)9-3-5-19-12(9)11/h6-7,9-12,15H,2-5,13H2,1H3/t9-,10+,11-,12-/m1/s1. The molecule has 0 unspecified atom stereocenters. The first-order valence-corrected chi connectivity index (χ1v) is 8.43. The van der Waals surface area contributed by atoms with Crippen molar-refractivity contribution in [1.82, 2.24) is 14.5 Å². The fraction of sp³-hybridized carbons (Fsp3) is 0.750. The molecule has 0 aromatic carbocycles. The zero-order chi connectivity index (χ0) is 14.3. The Bertz CT molecular complexity index is 585. The number of hydrogen-bond acceptors (Lipinski definition) is 5. The summed E-state index contributed by atoms with van der Waals surface area (Å²) in [6.45, 7) is 3.38. The molecule has 112 valence electrons. The number of aryl methyl sites for hydroxylation is 1. The van der Waals surface area contributed by atoms with Crippen molar-refractivity contribution < 1.29 is 13.2 Å². The van der Waals surface area contributed by atoms with Gasteiger partial charge in [-0.2, -0.15) is 5.10 Å². The van der Waals surface area contributed by atoms with Crippen LogP contribution in [-0.2, 0) is 21.3 Å². The van der Waals surface area contributed by atoms with E-state index in [0.717, 1.165) is 12.8 Å². The third kappa shape index (κ3) is 2.26. The highest BCUT2D eigenvalue weighted by molar-refractivity contribution is 7.89. The first-order valence-electron chi connectivity index (χ1n) is 6.95. The maximum atomic E-state index is 12.3. The third-order valence-electron chi connectivity index (χ3n) is 4.11. The van der Waals surface area contributed by atoms with Gasteiger partial charge in [-0.05, 0) is 12.8 Å². The summed E-state index contributed by atoms with van der Waals surface area (Å²) in [5.74, 6) is 0.283. The Labute approximate surface area is 118 Å². The van der Waals surface area contributed by atoms with E-state index < -0.39 is 10.0 Å². The molecular formula is C12H20N4O3S. The zero-order valence-electron chi connectivity index (χ0n) is 11.4. The van der Waals surface area contributed by atoms with Gasteiger partial charge >= 0.3 is 0 Å². The molecule has 2 aliphatic rings. The van der Waals surface area contributed by atoms with E-state index in [-0.39, 0.29) is 29.0 Å². The molecule has 1 saturated carbocycles. The Morgan fingerprint density at radius 1 is 1.60 bits per heavy atom. The Kier molecular flexibility index (Phi) is 3.57. The maximum absolute atomic E-state index is 12.3. The third-order valence-corrected chi connectivity index (χ3v) is 5.52. The van der Waals surface area contributed by atoms with Gasteiger partial charge < -0.3 is 10.5 Å². The van der Waals surface area contributed by atoms with E-state index in [9.17, 15) is 8.42 Å². The molecule has 0 spiro atoms. The predicted octanol–water partition coefficient (Wildman–Crippen LogP) is -0.314. The number of nitrogens with two attached hydrogens (primary N) is 1. The molecule has 3 N–H and O–H groups in total. The SMILES string of the molecule is CCCn1cc(S(=O)(=O)N[C@@H]2[C@@H](N)[C@H]3CCO[C@H]32)cn1. The van der Waals surface area contributed by atoms with Gasteiger partial charge in [-0.15, -0.1) is 0 Å². The predicted molar refractivity (Wildman–Crippen MR) is 72.4 cm³/mol. The van der Waals surface area contributed by atoms with E-state index in [0.29, 0.717) is 13.2 Å². The molecule has 8 heteroatoms. The number of sulfonamides is 1. The molecule has 2 fully saturated rings. The van der Waals surface area contributed by atoms with Crippen LogP contribution in [0.4, 0.5) is 0 Å².